The number of nitriles is 1. The van der Waals surface area contributed by atoms with Crippen LogP contribution in [0.3, 0.4) is 0 Å². The Morgan fingerprint density at radius 3 is 2.80 bits per heavy atom. The largest absolute Gasteiger partial charge is 0.330 e. The predicted molar refractivity (Wildman–Crippen MR) is 97.0 cm³/mol. The summed E-state index contributed by atoms with van der Waals surface area (Å²) in [5.74, 6) is -0.126. The van der Waals surface area contributed by atoms with Crippen LogP contribution < -0.4 is 10.6 Å². The molecule has 1 aromatic carbocycles. The summed E-state index contributed by atoms with van der Waals surface area (Å²) in [5.41, 5.74) is 1.86. The van der Waals surface area contributed by atoms with E-state index in [4.69, 9.17) is 5.26 Å². The molecule has 0 radical (unpaired) electrons. The Morgan fingerprint density at radius 2 is 2.00 bits per heavy atom. The van der Waals surface area contributed by atoms with Gasteiger partial charge in [-0.2, -0.15) is 5.26 Å². The molecule has 0 aliphatic heterocycles. The lowest BCUT2D eigenvalue weighted by Gasteiger charge is -2.05. The SMILES string of the molecule is CC(=O)Nc1cccc(Nc2nnc(Sc3cccc(C#N)n3)s2)c1. The lowest BCUT2D eigenvalue weighted by molar-refractivity contribution is -0.114. The van der Waals surface area contributed by atoms with E-state index in [0.29, 0.717) is 25.9 Å². The predicted octanol–water partition coefficient (Wildman–Crippen LogP) is 3.66. The lowest BCUT2D eigenvalue weighted by atomic mass is 10.3. The van der Waals surface area contributed by atoms with Crippen LogP contribution in [0.1, 0.15) is 12.6 Å². The molecule has 2 N–H and O–H groups in total. The standard InChI is InChI=1S/C16H12N6OS2/c1-10(23)18-11-4-2-5-12(8-11)20-15-21-22-16(25-15)24-14-7-3-6-13(9-17)19-14/h2-8H,1H3,(H,18,23)(H,20,21). The average molecular weight is 368 g/mol. The van der Waals surface area contributed by atoms with Crippen LogP contribution in [-0.4, -0.2) is 21.1 Å². The zero-order valence-corrected chi connectivity index (χ0v) is 14.7. The smallest absolute Gasteiger partial charge is 0.221 e. The van der Waals surface area contributed by atoms with E-state index in [2.05, 4.69) is 25.8 Å². The first kappa shape index (κ1) is 16.9. The number of nitrogens with one attached hydrogen (secondary N) is 2. The molecule has 124 valence electrons. The summed E-state index contributed by atoms with van der Waals surface area (Å²) in [5, 5.41) is 24.3. The number of hydrogen-bond donors (Lipinski definition) is 2. The molecular weight excluding hydrogens is 356 g/mol. The van der Waals surface area contributed by atoms with E-state index in [1.165, 1.54) is 30.0 Å². The minimum atomic E-state index is -0.126. The normalized spacial score (nSPS) is 10.1. The number of hydrogen-bond acceptors (Lipinski definition) is 8. The summed E-state index contributed by atoms with van der Waals surface area (Å²) in [4.78, 5) is 15.3. The maximum Gasteiger partial charge on any atom is 0.221 e. The third-order valence-corrected chi connectivity index (χ3v) is 4.70. The second-order valence-electron chi connectivity index (χ2n) is 4.84. The van der Waals surface area contributed by atoms with Gasteiger partial charge in [0.25, 0.3) is 0 Å². The second-order valence-corrected chi connectivity index (χ2v) is 7.08. The van der Waals surface area contributed by atoms with Gasteiger partial charge in [0, 0.05) is 18.3 Å². The molecule has 9 heteroatoms. The molecule has 2 aromatic heterocycles. The van der Waals surface area contributed by atoms with Crippen molar-refractivity contribution in [3.63, 3.8) is 0 Å². The number of anilines is 3. The Bertz CT molecular complexity index is 950. The molecule has 0 aliphatic carbocycles. The highest BCUT2D eigenvalue weighted by Crippen LogP contribution is 2.32. The van der Waals surface area contributed by atoms with E-state index in [-0.39, 0.29) is 5.91 Å². The van der Waals surface area contributed by atoms with Gasteiger partial charge < -0.3 is 10.6 Å². The Morgan fingerprint density at radius 1 is 1.20 bits per heavy atom. The number of rotatable bonds is 5. The first-order valence-electron chi connectivity index (χ1n) is 7.15. The number of benzene rings is 1. The molecule has 25 heavy (non-hydrogen) atoms. The van der Waals surface area contributed by atoms with Crippen molar-refractivity contribution >= 4 is 45.5 Å². The molecule has 0 fully saturated rings. The van der Waals surface area contributed by atoms with Crippen molar-refractivity contribution in [2.45, 2.75) is 16.3 Å². The van der Waals surface area contributed by atoms with Crippen LogP contribution in [0.25, 0.3) is 0 Å². The molecule has 0 aliphatic rings. The monoisotopic (exact) mass is 368 g/mol. The fourth-order valence-corrected chi connectivity index (χ4v) is 3.63. The summed E-state index contributed by atoms with van der Waals surface area (Å²) >= 11 is 2.72. The van der Waals surface area contributed by atoms with Crippen LogP contribution >= 0.6 is 23.1 Å². The van der Waals surface area contributed by atoms with E-state index >= 15 is 0 Å². The molecule has 3 rings (SSSR count). The molecule has 2 heterocycles. The number of pyridine rings is 1. The van der Waals surface area contributed by atoms with Crippen molar-refractivity contribution in [3.8, 4) is 6.07 Å². The zero-order valence-electron chi connectivity index (χ0n) is 13.1. The second kappa shape index (κ2) is 7.74. The Balaban J connectivity index is 1.69. The van der Waals surface area contributed by atoms with Gasteiger partial charge in [-0.1, -0.05) is 23.5 Å². The van der Waals surface area contributed by atoms with Crippen molar-refractivity contribution in [1.82, 2.24) is 15.2 Å². The highest BCUT2D eigenvalue weighted by Gasteiger charge is 2.08. The van der Waals surface area contributed by atoms with Crippen LogP contribution in [-0.2, 0) is 4.79 Å². The van der Waals surface area contributed by atoms with Gasteiger partial charge in [0.15, 0.2) is 4.34 Å². The fourth-order valence-electron chi connectivity index (χ4n) is 1.93. The van der Waals surface area contributed by atoms with Crippen molar-refractivity contribution in [1.29, 1.82) is 5.26 Å². The molecule has 0 unspecified atom stereocenters. The van der Waals surface area contributed by atoms with Crippen molar-refractivity contribution in [2.75, 3.05) is 10.6 Å². The maximum absolute atomic E-state index is 11.1. The molecular formula is C16H12N6OS2. The van der Waals surface area contributed by atoms with Gasteiger partial charge >= 0.3 is 0 Å². The average Bonchev–Trinajstić information content (AvgIpc) is 3.01. The van der Waals surface area contributed by atoms with Gasteiger partial charge in [-0.25, -0.2) is 4.98 Å². The van der Waals surface area contributed by atoms with Gasteiger partial charge in [0.2, 0.25) is 11.0 Å². The molecule has 1 amide bonds. The highest BCUT2D eigenvalue weighted by molar-refractivity contribution is 8.01. The van der Waals surface area contributed by atoms with Crippen LogP contribution in [0.5, 0.6) is 0 Å². The Labute approximate surface area is 152 Å². The third kappa shape index (κ3) is 4.76. The summed E-state index contributed by atoms with van der Waals surface area (Å²) in [6, 6.07) is 14.6. The van der Waals surface area contributed by atoms with Crippen LogP contribution in [0.15, 0.2) is 51.8 Å². The minimum absolute atomic E-state index is 0.126. The number of carbonyl (C=O) groups excluding carboxylic acids is 1. The van der Waals surface area contributed by atoms with Crippen molar-refractivity contribution in [2.24, 2.45) is 0 Å². The lowest BCUT2D eigenvalue weighted by Crippen LogP contribution is -2.05. The number of aromatic nitrogens is 3. The van der Waals surface area contributed by atoms with Crippen LogP contribution in [0.4, 0.5) is 16.5 Å². The van der Waals surface area contributed by atoms with Gasteiger partial charge in [-0.15, -0.1) is 10.2 Å². The highest BCUT2D eigenvalue weighted by atomic mass is 32.2. The van der Waals surface area contributed by atoms with Gasteiger partial charge in [0.1, 0.15) is 16.8 Å². The fraction of sp³-hybridized carbons (Fsp3) is 0.0625. The van der Waals surface area contributed by atoms with E-state index < -0.39 is 0 Å². The molecule has 0 bridgehead atoms. The maximum atomic E-state index is 11.1. The summed E-state index contributed by atoms with van der Waals surface area (Å²) < 4.78 is 0.711. The number of amides is 1. The molecule has 7 nitrogen and oxygen atoms in total. The van der Waals surface area contributed by atoms with Crippen LogP contribution in [0.2, 0.25) is 0 Å². The topological polar surface area (TPSA) is 104 Å². The Hall–Kier alpha value is -2.96. The van der Waals surface area contributed by atoms with Crippen molar-refractivity contribution in [3.05, 3.63) is 48.2 Å². The Kier molecular flexibility index (Phi) is 5.23. The summed E-state index contributed by atoms with van der Waals surface area (Å²) in [6.45, 7) is 1.46. The van der Waals surface area contributed by atoms with E-state index in [1.54, 1.807) is 12.1 Å². The molecule has 0 atom stereocenters. The first-order chi connectivity index (χ1) is 12.1. The van der Waals surface area contributed by atoms with E-state index in [9.17, 15) is 4.79 Å². The number of nitrogens with zero attached hydrogens (tertiary/aromatic N) is 4. The molecule has 0 saturated carbocycles. The van der Waals surface area contributed by atoms with Gasteiger partial charge in [-0.3, -0.25) is 4.79 Å². The summed E-state index contributed by atoms with van der Waals surface area (Å²) in [6.07, 6.45) is 0. The third-order valence-electron chi connectivity index (χ3n) is 2.87. The van der Waals surface area contributed by atoms with Crippen molar-refractivity contribution < 1.29 is 4.79 Å². The quantitative estimate of drug-likeness (QED) is 0.708. The van der Waals surface area contributed by atoms with E-state index in [1.807, 2.05) is 36.4 Å². The van der Waals surface area contributed by atoms with Gasteiger partial charge in [-0.05, 0) is 42.1 Å². The molecule has 0 spiro atoms. The van der Waals surface area contributed by atoms with Crippen LogP contribution in [0, 0.1) is 11.3 Å². The summed E-state index contributed by atoms with van der Waals surface area (Å²) in [7, 11) is 0. The molecule has 0 saturated heterocycles. The number of carbonyl (C=O) groups is 1. The zero-order chi connectivity index (χ0) is 17.6. The first-order valence-corrected chi connectivity index (χ1v) is 8.79. The van der Waals surface area contributed by atoms with E-state index in [0.717, 1.165) is 5.69 Å². The molecule has 3 aromatic rings. The van der Waals surface area contributed by atoms with Gasteiger partial charge in [0.05, 0.1) is 0 Å². The minimum Gasteiger partial charge on any atom is -0.330 e.